The van der Waals surface area contributed by atoms with Crippen LogP contribution in [0.2, 0.25) is 0 Å². The Bertz CT molecular complexity index is 550. The zero-order valence-corrected chi connectivity index (χ0v) is 9.28. The number of rotatable bonds is 4. The minimum Gasteiger partial charge on any atom is -0.392 e. The molecule has 2 aromatic rings. The molecule has 0 saturated heterocycles. The van der Waals surface area contributed by atoms with Crippen molar-refractivity contribution in [3.63, 3.8) is 0 Å². The van der Waals surface area contributed by atoms with Crippen molar-refractivity contribution in [2.24, 2.45) is 0 Å². The maximum atomic E-state index is 13.0. The number of benzene rings is 1. The van der Waals surface area contributed by atoms with Gasteiger partial charge in [-0.05, 0) is 23.1 Å². The van der Waals surface area contributed by atoms with E-state index in [-0.39, 0.29) is 6.61 Å². The molecule has 0 atom stereocenters. The fraction of sp³-hybridized carbons (Fsp3) is 0.333. The Morgan fingerprint density at radius 3 is 2.56 bits per heavy atom. The molecule has 0 aliphatic rings. The maximum Gasteiger partial charge on any atom is 0.324 e. The SMILES string of the molecule is OCc1ccc2ccn(CC(F)(F)C(F)F)c2c1. The molecule has 0 unspecified atom stereocenters. The maximum absolute atomic E-state index is 13.0. The summed E-state index contributed by atoms with van der Waals surface area (Å²) in [5.74, 6) is -4.07. The van der Waals surface area contributed by atoms with Crippen molar-refractivity contribution >= 4 is 10.9 Å². The summed E-state index contributed by atoms with van der Waals surface area (Å²) in [7, 11) is 0. The molecule has 2 nitrogen and oxygen atoms in total. The van der Waals surface area contributed by atoms with Gasteiger partial charge in [0, 0.05) is 11.7 Å². The van der Waals surface area contributed by atoms with Gasteiger partial charge in [-0.1, -0.05) is 12.1 Å². The van der Waals surface area contributed by atoms with E-state index in [0.717, 1.165) is 4.57 Å². The normalized spacial score (nSPS) is 12.6. The van der Waals surface area contributed by atoms with Gasteiger partial charge in [0.2, 0.25) is 0 Å². The van der Waals surface area contributed by atoms with E-state index in [1.54, 1.807) is 18.2 Å². The van der Waals surface area contributed by atoms with Crippen LogP contribution >= 0.6 is 0 Å². The van der Waals surface area contributed by atoms with Gasteiger partial charge in [-0.15, -0.1) is 0 Å². The van der Waals surface area contributed by atoms with Crippen LogP contribution in [0.5, 0.6) is 0 Å². The smallest absolute Gasteiger partial charge is 0.324 e. The number of alkyl halides is 4. The third-order valence-electron chi connectivity index (χ3n) is 2.72. The minimum atomic E-state index is -4.07. The molecule has 1 aromatic carbocycles. The zero-order chi connectivity index (χ0) is 13.3. The topological polar surface area (TPSA) is 25.2 Å². The number of fused-ring (bicyclic) bond motifs is 1. The highest BCUT2D eigenvalue weighted by atomic mass is 19.3. The van der Waals surface area contributed by atoms with E-state index in [1.165, 1.54) is 12.3 Å². The van der Waals surface area contributed by atoms with Crippen LogP contribution in [0.15, 0.2) is 30.5 Å². The molecule has 0 bridgehead atoms. The molecule has 1 N–H and O–H groups in total. The third kappa shape index (κ3) is 2.33. The molecular weight excluding hydrogens is 250 g/mol. The molecule has 1 aromatic heterocycles. The second-order valence-electron chi connectivity index (χ2n) is 4.06. The van der Waals surface area contributed by atoms with Gasteiger partial charge in [0.1, 0.15) is 0 Å². The minimum absolute atomic E-state index is 0.230. The lowest BCUT2D eigenvalue weighted by molar-refractivity contribution is -0.137. The lowest BCUT2D eigenvalue weighted by atomic mass is 10.2. The number of halogens is 4. The second-order valence-corrected chi connectivity index (χ2v) is 4.06. The molecule has 0 fully saturated rings. The first-order valence-corrected chi connectivity index (χ1v) is 5.28. The zero-order valence-electron chi connectivity index (χ0n) is 9.28. The van der Waals surface area contributed by atoms with Crippen LogP contribution in [-0.2, 0) is 13.2 Å². The Morgan fingerprint density at radius 2 is 1.94 bits per heavy atom. The highest BCUT2D eigenvalue weighted by Crippen LogP contribution is 2.27. The molecule has 0 aliphatic heterocycles. The largest absolute Gasteiger partial charge is 0.392 e. The summed E-state index contributed by atoms with van der Waals surface area (Å²) in [6, 6.07) is 6.38. The average Bonchev–Trinajstić information content (AvgIpc) is 2.71. The number of hydrogen-bond donors (Lipinski definition) is 1. The Balaban J connectivity index is 2.39. The van der Waals surface area contributed by atoms with E-state index < -0.39 is 18.9 Å². The summed E-state index contributed by atoms with van der Waals surface area (Å²) in [5.41, 5.74) is 0.949. The van der Waals surface area contributed by atoms with Crippen LogP contribution in [0, 0.1) is 0 Å². The van der Waals surface area contributed by atoms with Crippen LogP contribution in [0.4, 0.5) is 17.6 Å². The second kappa shape index (κ2) is 4.61. The summed E-state index contributed by atoms with van der Waals surface area (Å²) < 4.78 is 51.4. The van der Waals surface area contributed by atoms with Gasteiger partial charge in [-0.25, -0.2) is 8.78 Å². The summed E-state index contributed by atoms with van der Waals surface area (Å²) in [4.78, 5) is 0. The highest BCUT2D eigenvalue weighted by Gasteiger charge is 2.41. The first kappa shape index (κ1) is 12.9. The molecule has 0 saturated carbocycles. The van der Waals surface area contributed by atoms with E-state index >= 15 is 0 Å². The standard InChI is InChI=1S/C12H11F4NO/c13-11(14)12(15,16)7-17-4-3-9-2-1-8(6-18)5-10(9)17/h1-5,11,18H,6-7H2. The summed E-state index contributed by atoms with van der Waals surface area (Å²) >= 11 is 0. The van der Waals surface area contributed by atoms with Gasteiger partial charge < -0.3 is 9.67 Å². The van der Waals surface area contributed by atoms with Crippen LogP contribution in [0.25, 0.3) is 10.9 Å². The fourth-order valence-electron chi connectivity index (χ4n) is 1.76. The molecule has 0 spiro atoms. The lowest BCUT2D eigenvalue weighted by Crippen LogP contribution is -2.31. The van der Waals surface area contributed by atoms with Crippen LogP contribution in [0.1, 0.15) is 5.56 Å². The molecule has 0 radical (unpaired) electrons. The fourth-order valence-corrected chi connectivity index (χ4v) is 1.76. The number of nitrogens with zero attached hydrogens (tertiary/aromatic N) is 1. The molecule has 1 heterocycles. The van der Waals surface area contributed by atoms with E-state index in [1.807, 2.05) is 0 Å². The Labute approximate surface area is 100 Å². The Hall–Kier alpha value is -1.56. The van der Waals surface area contributed by atoms with Crippen LogP contribution in [-0.4, -0.2) is 22.0 Å². The monoisotopic (exact) mass is 261 g/mol. The van der Waals surface area contributed by atoms with Crippen molar-refractivity contribution in [3.8, 4) is 0 Å². The van der Waals surface area contributed by atoms with Gasteiger partial charge >= 0.3 is 12.3 Å². The van der Waals surface area contributed by atoms with Crippen LogP contribution < -0.4 is 0 Å². The lowest BCUT2D eigenvalue weighted by Gasteiger charge is -2.16. The third-order valence-corrected chi connectivity index (χ3v) is 2.72. The van der Waals surface area contributed by atoms with Gasteiger partial charge in [0.25, 0.3) is 0 Å². The quantitative estimate of drug-likeness (QED) is 0.841. The number of aromatic nitrogens is 1. The summed E-state index contributed by atoms with van der Waals surface area (Å²) in [6.45, 7) is -1.31. The number of hydrogen-bond acceptors (Lipinski definition) is 1. The van der Waals surface area contributed by atoms with Crippen molar-refractivity contribution in [2.45, 2.75) is 25.5 Å². The molecule has 0 amide bonds. The van der Waals surface area contributed by atoms with Crippen molar-refractivity contribution in [1.29, 1.82) is 0 Å². The van der Waals surface area contributed by atoms with Crippen molar-refractivity contribution in [2.75, 3.05) is 0 Å². The molecule has 2 rings (SSSR count). The Morgan fingerprint density at radius 1 is 1.22 bits per heavy atom. The summed E-state index contributed by atoms with van der Waals surface area (Å²) in [5, 5.41) is 9.63. The highest BCUT2D eigenvalue weighted by molar-refractivity contribution is 5.80. The molecule has 98 valence electrons. The average molecular weight is 261 g/mol. The molecular formula is C12H11F4NO. The van der Waals surface area contributed by atoms with E-state index in [2.05, 4.69) is 0 Å². The first-order chi connectivity index (χ1) is 8.44. The van der Waals surface area contributed by atoms with Gasteiger partial charge in [0.05, 0.1) is 13.2 Å². The van der Waals surface area contributed by atoms with Gasteiger partial charge in [0.15, 0.2) is 0 Å². The van der Waals surface area contributed by atoms with Gasteiger partial charge in [-0.2, -0.15) is 8.78 Å². The van der Waals surface area contributed by atoms with Crippen LogP contribution in [0.3, 0.4) is 0 Å². The molecule has 18 heavy (non-hydrogen) atoms. The predicted molar refractivity (Wildman–Crippen MR) is 58.8 cm³/mol. The van der Waals surface area contributed by atoms with E-state index in [0.29, 0.717) is 16.5 Å². The first-order valence-electron chi connectivity index (χ1n) is 5.28. The Kier molecular flexibility index (Phi) is 3.30. The van der Waals surface area contributed by atoms with Crippen molar-refractivity contribution in [3.05, 3.63) is 36.0 Å². The molecule has 0 aliphatic carbocycles. The predicted octanol–water partition coefficient (Wildman–Crippen LogP) is 3.03. The van der Waals surface area contributed by atoms with Crippen molar-refractivity contribution in [1.82, 2.24) is 4.57 Å². The van der Waals surface area contributed by atoms with Gasteiger partial charge in [-0.3, -0.25) is 0 Å². The van der Waals surface area contributed by atoms with E-state index in [9.17, 15) is 17.6 Å². The number of aliphatic hydroxyl groups is 1. The molecule has 6 heteroatoms. The van der Waals surface area contributed by atoms with Crippen molar-refractivity contribution < 1.29 is 22.7 Å². The summed E-state index contributed by atoms with van der Waals surface area (Å²) in [6.07, 6.45) is -2.36. The van der Waals surface area contributed by atoms with E-state index in [4.69, 9.17) is 5.11 Å². The number of aliphatic hydroxyl groups excluding tert-OH is 1.